The molecule has 1 aliphatic heterocycles. The van der Waals surface area contributed by atoms with Crippen molar-refractivity contribution in [1.29, 1.82) is 0 Å². The Morgan fingerprint density at radius 3 is 2.89 bits per heavy atom. The Bertz CT molecular complexity index is 458. The molecule has 0 radical (unpaired) electrons. The predicted molar refractivity (Wildman–Crippen MR) is 80.8 cm³/mol. The second-order valence-corrected chi connectivity index (χ2v) is 6.78. The lowest BCUT2D eigenvalue weighted by molar-refractivity contribution is 0.0575. The maximum atomic E-state index is 10.5. The van der Waals surface area contributed by atoms with Gasteiger partial charge in [0.05, 0.1) is 12.2 Å². The maximum absolute atomic E-state index is 10.5. The number of hydrogen-bond acceptors (Lipinski definition) is 3. The first kappa shape index (κ1) is 14.8. The van der Waals surface area contributed by atoms with E-state index in [0.29, 0.717) is 19.0 Å². The lowest BCUT2D eigenvalue weighted by Gasteiger charge is -2.26. The fraction of sp³-hybridized carbons (Fsp3) is 0.600. The van der Waals surface area contributed by atoms with Gasteiger partial charge in [0, 0.05) is 29.9 Å². The van der Waals surface area contributed by atoms with Gasteiger partial charge >= 0.3 is 0 Å². The van der Waals surface area contributed by atoms with Crippen LogP contribution in [0.3, 0.4) is 0 Å². The molecule has 0 spiro atoms. The van der Waals surface area contributed by atoms with Crippen LogP contribution in [0.4, 0.5) is 0 Å². The summed E-state index contributed by atoms with van der Waals surface area (Å²) in [7, 11) is 0. The van der Waals surface area contributed by atoms with Crippen molar-refractivity contribution in [3.8, 4) is 5.75 Å². The first-order valence-electron chi connectivity index (χ1n) is 6.77. The minimum atomic E-state index is -0.773. The summed E-state index contributed by atoms with van der Waals surface area (Å²) in [5.74, 6) is 0.966. The minimum absolute atomic E-state index is 0.371. The van der Waals surface area contributed by atoms with Gasteiger partial charge in [-0.15, -0.1) is 0 Å². The molecule has 4 heteroatoms. The molecule has 1 unspecified atom stereocenters. The monoisotopic (exact) mass is 327 g/mol. The smallest absolute Gasteiger partial charge is 0.125 e. The molecule has 1 heterocycles. The molecule has 3 nitrogen and oxygen atoms in total. The molecule has 0 saturated heterocycles. The Labute approximate surface area is 123 Å². The largest absolute Gasteiger partial charge is 0.493 e. The van der Waals surface area contributed by atoms with Crippen LogP contribution < -0.4 is 10.1 Å². The molecule has 2 N–H and O–H groups in total. The van der Waals surface area contributed by atoms with E-state index in [9.17, 15) is 5.11 Å². The zero-order valence-corrected chi connectivity index (χ0v) is 13.4. The number of fused-ring (bicyclic) bond motifs is 1. The van der Waals surface area contributed by atoms with E-state index in [4.69, 9.17) is 4.74 Å². The highest BCUT2D eigenvalue weighted by molar-refractivity contribution is 9.10. The average molecular weight is 328 g/mol. The van der Waals surface area contributed by atoms with Gasteiger partial charge < -0.3 is 15.2 Å². The Morgan fingerprint density at radius 1 is 1.47 bits per heavy atom. The van der Waals surface area contributed by atoms with Crippen molar-refractivity contribution < 1.29 is 9.84 Å². The molecule has 2 rings (SSSR count). The molecule has 106 valence electrons. The van der Waals surface area contributed by atoms with Gasteiger partial charge in [-0.3, -0.25) is 0 Å². The van der Waals surface area contributed by atoms with E-state index in [1.165, 1.54) is 5.56 Å². The molecule has 1 aliphatic rings. The highest BCUT2D eigenvalue weighted by atomic mass is 79.9. The molecule has 19 heavy (non-hydrogen) atoms. The number of benzene rings is 1. The Balaban J connectivity index is 2.14. The number of hydrogen-bond donors (Lipinski definition) is 2. The third-order valence-electron chi connectivity index (χ3n) is 3.29. The van der Waals surface area contributed by atoms with Gasteiger partial charge in [0.25, 0.3) is 0 Å². The summed E-state index contributed by atoms with van der Waals surface area (Å²) in [6.07, 6.45) is 1.54. The summed E-state index contributed by atoms with van der Waals surface area (Å²) in [4.78, 5) is 0. The van der Waals surface area contributed by atoms with Crippen LogP contribution in [0, 0.1) is 0 Å². The van der Waals surface area contributed by atoms with Crippen molar-refractivity contribution >= 4 is 15.9 Å². The number of ether oxygens (including phenoxy) is 1. The van der Waals surface area contributed by atoms with E-state index in [-0.39, 0.29) is 0 Å². The standard InChI is InChI=1S/C15H22BrNO2/c1-10(2)17-9-15(3,18)8-12-7-13(16)6-11-4-5-19-14(11)12/h6-7,10,17-18H,4-5,8-9H2,1-3H3. The highest BCUT2D eigenvalue weighted by Gasteiger charge is 2.26. The lowest BCUT2D eigenvalue weighted by atomic mass is 9.94. The third-order valence-corrected chi connectivity index (χ3v) is 3.75. The van der Waals surface area contributed by atoms with E-state index in [1.54, 1.807) is 0 Å². The molecule has 1 aromatic carbocycles. The molecule has 0 bridgehead atoms. The quantitative estimate of drug-likeness (QED) is 0.873. The first-order chi connectivity index (χ1) is 8.87. The molecule has 0 amide bonds. The van der Waals surface area contributed by atoms with Gasteiger partial charge in [-0.05, 0) is 30.2 Å². The number of rotatable bonds is 5. The average Bonchev–Trinajstić information content (AvgIpc) is 2.74. The Kier molecular flexibility index (Phi) is 4.54. The van der Waals surface area contributed by atoms with E-state index in [0.717, 1.165) is 28.8 Å². The van der Waals surface area contributed by atoms with Crippen LogP contribution in [0.2, 0.25) is 0 Å². The third kappa shape index (κ3) is 3.94. The second kappa shape index (κ2) is 5.81. The topological polar surface area (TPSA) is 41.5 Å². The summed E-state index contributed by atoms with van der Waals surface area (Å²) >= 11 is 3.53. The van der Waals surface area contributed by atoms with Gasteiger partial charge in [-0.25, -0.2) is 0 Å². The summed E-state index contributed by atoms with van der Waals surface area (Å²) in [5, 5.41) is 13.8. The molecule has 1 aromatic rings. The minimum Gasteiger partial charge on any atom is -0.493 e. The van der Waals surface area contributed by atoms with E-state index < -0.39 is 5.60 Å². The summed E-state index contributed by atoms with van der Waals surface area (Å²) in [6.45, 7) is 7.34. The number of nitrogens with one attached hydrogen (secondary N) is 1. The van der Waals surface area contributed by atoms with Gasteiger partial charge in [-0.1, -0.05) is 29.8 Å². The van der Waals surface area contributed by atoms with Crippen LogP contribution in [0.1, 0.15) is 31.9 Å². The SMILES string of the molecule is CC(C)NCC(C)(O)Cc1cc(Br)cc2c1OCC2. The number of aliphatic hydroxyl groups is 1. The zero-order valence-electron chi connectivity index (χ0n) is 11.8. The molecule has 0 saturated carbocycles. The van der Waals surface area contributed by atoms with Gasteiger partial charge in [0.1, 0.15) is 5.75 Å². The van der Waals surface area contributed by atoms with E-state index >= 15 is 0 Å². The van der Waals surface area contributed by atoms with Crippen LogP contribution in [0.25, 0.3) is 0 Å². The van der Waals surface area contributed by atoms with E-state index in [2.05, 4.69) is 41.2 Å². The Morgan fingerprint density at radius 2 is 2.21 bits per heavy atom. The van der Waals surface area contributed by atoms with Gasteiger partial charge in [0.2, 0.25) is 0 Å². The van der Waals surface area contributed by atoms with Crippen LogP contribution in [0.5, 0.6) is 5.75 Å². The normalized spacial score (nSPS) is 17.2. The van der Waals surface area contributed by atoms with Crippen molar-refractivity contribution in [2.24, 2.45) is 0 Å². The van der Waals surface area contributed by atoms with Crippen molar-refractivity contribution in [1.82, 2.24) is 5.32 Å². The summed E-state index contributed by atoms with van der Waals surface area (Å²) in [5.41, 5.74) is 1.54. The Hall–Kier alpha value is -0.580. The highest BCUT2D eigenvalue weighted by Crippen LogP contribution is 2.34. The molecule has 1 atom stereocenters. The van der Waals surface area contributed by atoms with Crippen LogP contribution >= 0.6 is 15.9 Å². The van der Waals surface area contributed by atoms with Crippen LogP contribution in [0.15, 0.2) is 16.6 Å². The van der Waals surface area contributed by atoms with Crippen molar-refractivity contribution in [3.63, 3.8) is 0 Å². The van der Waals surface area contributed by atoms with Gasteiger partial charge in [0.15, 0.2) is 0 Å². The van der Waals surface area contributed by atoms with Crippen molar-refractivity contribution in [3.05, 3.63) is 27.7 Å². The fourth-order valence-electron chi connectivity index (χ4n) is 2.37. The van der Waals surface area contributed by atoms with Crippen LogP contribution in [-0.4, -0.2) is 29.9 Å². The van der Waals surface area contributed by atoms with Crippen LogP contribution in [-0.2, 0) is 12.8 Å². The first-order valence-corrected chi connectivity index (χ1v) is 7.56. The predicted octanol–water partition coefficient (Wildman–Crippen LogP) is 2.68. The zero-order chi connectivity index (χ0) is 14.0. The van der Waals surface area contributed by atoms with Crippen molar-refractivity contribution in [2.75, 3.05) is 13.2 Å². The second-order valence-electron chi connectivity index (χ2n) is 5.86. The summed E-state index contributed by atoms with van der Waals surface area (Å²) in [6, 6.07) is 4.52. The fourth-order valence-corrected chi connectivity index (χ4v) is 2.93. The molecule has 0 fully saturated rings. The number of halogens is 1. The lowest BCUT2D eigenvalue weighted by Crippen LogP contribution is -2.42. The molecular weight excluding hydrogens is 306 g/mol. The summed E-state index contributed by atoms with van der Waals surface area (Å²) < 4.78 is 6.76. The van der Waals surface area contributed by atoms with Gasteiger partial charge in [-0.2, -0.15) is 0 Å². The molecule has 0 aliphatic carbocycles. The van der Waals surface area contributed by atoms with E-state index in [1.807, 2.05) is 13.0 Å². The van der Waals surface area contributed by atoms with Crippen molar-refractivity contribution in [2.45, 2.75) is 45.3 Å². The molecule has 0 aromatic heterocycles. The molecular formula is C15H22BrNO2. The maximum Gasteiger partial charge on any atom is 0.125 e.